The van der Waals surface area contributed by atoms with Gasteiger partial charge in [0.2, 0.25) is 0 Å². The molecule has 2 aromatic heterocycles. The molecule has 0 aliphatic carbocycles. The lowest BCUT2D eigenvalue weighted by Gasteiger charge is -2.10. The Hall–Kier alpha value is -4.20. The summed E-state index contributed by atoms with van der Waals surface area (Å²) in [5.41, 5.74) is 3.66. The van der Waals surface area contributed by atoms with E-state index in [0.29, 0.717) is 30.4 Å². The van der Waals surface area contributed by atoms with E-state index < -0.39 is 0 Å². The van der Waals surface area contributed by atoms with Crippen LogP contribution in [0.4, 0.5) is 16.2 Å². The highest BCUT2D eigenvalue weighted by molar-refractivity contribution is 5.89. The van der Waals surface area contributed by atoms with E-state index in [0.717, 1.165) is 17.7 Å². The molecule has 156 valence electrons. The third-order valence-electron chi connectivity index (χ3n) is 4.59. The summed E-state index contributed by atoms with van der Waals surface area (Å²) in [6.45, 7) is 1.05. The Morgan fingerprint density at radius 1 is 0.935 bits per heavy atom. The molecular formula is C23H23N7O. The monoisotopic (exact) mass is 413 g/mol. The molecule has 2 heterocycles. The molecule has 2 aromatic carbocycles. The molecule has 0 spiro atoms. The van der Waals surface area contributed by atoms with E-state index in [2.05, 4.69) is 36.1 Å². The number of carbonyl (C=O) groups is 1. The van der Waals surface area contributed by atoms with Crippen molar-refractivity contribution in [2.75, 3.05) is 17.2 Å². The van der Waals surface area contributed by atoms with Gasteiger partial charge in [-0.05, 0) is 42.3 Å². The number of nitrogens with zero attached hydrogens (tertiary/aromatic N) is 3. The van der Waals surface area contributed by atoms with Crippen molar-refractivity contribution in [3.05, 3.63) is 90.5 Å². The Morgan fingerprint density at radius 2 is 1.74 bits per heavy atom. The van der Waals surface area contributed by atoms with Crippen molar-refractivity contribution >= 4 is 17.4 Å². The third kappa shape index (κ3) is 5.89. The molecule has 8 nitrogen and oxygen atoms in total. The fourth-order valence-corrected chi connectivity index (χ4v) is 3.04. The van der Waals surface area contributed by atoms with Crippen LogP contribution < -0.4 is 16.0 Å². The standard InChI is InChI=1S/C23H23N7O/c31-23(25-14-9-17-5-2-1-3-6-17)27-20-8-4-7-19(15-20)26-16-21-28-22(30-29-21)18-10-12-24-13-11-18/h1-8,10-13,15,26H,9,14,16H2,(H2,25,27,31)(H,28,29,30). The Morgan fingerprint density at radius 3 is 2.58 bits per heavy atom. The Kier molecular flexibility index (Phi) is 6.49. The average molecular weight is 413 g/mol. The van der Waals surface area contributed by atoms with Gasteiger partial charge in [-0.3, -0.25) is 10.1 Å². The van der Waals surface area contributed by atoms with Gasteiger partial charge in [-0.15, -0.1) is 0 Å². The van der Waals surface area contributed by atoms with Gasteiger partial charge in [0.15, 0.2) is 5.82 Å². The quantitative estimate of drug-likeness (QED) is 0.351. The van der Waals surface area contributed by atoms with Crippen LogP contribution in [0.5, 0.6) is 0 Å². The van der Waals surface area contributed by atoms with Crippen molar-refractivity contribution in [1.29, 1.82) is 0 Å². The predicted molar refractivity (Wildman–Crippen MR) is 121 cm³/mol. The van der Waals surface area contributed by atoms with Gasteiger partial charge in [-0.2, -0.15) is 5.10 Å². The normalized spacial score (nSPS) is 10.5. The number of benzene rings is 2. The zero-order valence-corrected chi connectivity index (χ0v) is 16.9. The fraction of sp³-hybridized carbons (Fsp3) is 0.130. The summed E-state index contributed by atoms with van der Waals surface area (Å²) in [6, 6.07) is 21.1. The average Bonchev–Trinajstić information content (AvgIpc) is 3.28. The molecule has 0 radical (unpaired) electrons. The lowest BCUT2D eigenvalue weighted by Crippen LogP contribution is -2.30. The minimum absolute atomic E-state index is 0.231. The second-order valence-corrected chi connectivity index (χ2v) is 6.89. The number of aromatic amines is 1. The molecule has 0 atom stereocenters. The number of urea groups is 1. The van der Waals surface area contributed by atoms with Crippen LogP contribution in [0, 0.1) is 0 Å². The molecule has 4 aromatic rings. The summed E-state index contributed by atoms with van der Waals surface area (Å²) >= 11 is 0. The number of H-pyrrole nitrogens is 1. The van der Waals surface area contributed by atoms with E-state index in [1.807, 2.05) is 66.7 Å². The number of hydrogen-bond acceptors (Lipinski definition) is 5. The largest absolute Gasteiger partial charge is 0.378 e. The van der Waals surface area contributed by atoms with Gasteiger partial charge in [0.1, 0.15) is 5.82 Å². The van der Waals surface area contributed by atoms with Gasteiger partial charge in [0, 0.05) is 35.9 Å². The zero-order valence-electron chi connectivity index (χ0n) is 16.9. The SMILES string of the molecule is O=C(NCCc1ccccc1)Nc1cccc(NCc2nc(-c3ccncc3)n[nH]2)c1. The highest BCUT2D eigenvalue weighted by Gasteiger charge is 2.06. The number of nitrogens with one attached hydrogen (secondary N) is 4. The van der Waals surface area contributed by atoms with Crippen molar-refractivity contribution in [3.8, 4) is 11.4 Å². The summed E-state index contributed by atoms with van der Waals surface area (Å²) in [4.78, 5) is 20.6. The number of aromatic nitrogens is 4. The molecular weight excluding hydrogens is 390 g/mol. The Balaban J connectivity index is 1.26. The van der Waals surface area contributed by atoms with Crippen molar-refractivity contribution in [1.82, 2.24) is 25.5 Å². The molecule has 0 saturated heterocycles. The molecule has 8 heteroatoms. The third-order valence-corrected chi connectivity index (χ3v) is 4.59. The van der Waals surface area contributed by atoms with E-state index in [9.17, 15) is 4.79 Å². The Labute approximate surface area is 180 Å². The number of rotatable bonds is 8. The second kappa shape index (κ2) is 10.0. The molecule has 0 bridgehead atoms. The zero-order chi connectivity index (χ0) is 21.3. The van der Waals surface area contributed by atoms with Gasteiger partial charge in [-0.1, -0.05) is 36.4 Å². The Bertz CT molecular complexity index is 1110. The molecule has 2 amide bonds. The first-order valence-corrected chi connectivity index (χ1v) is 10.0. The highest BCUT2D eigenvalue weighted by Crippen LogP contribution is 2.17. The first kappa shape index (κ1) is 20.1. The maximum atomic E-state index is 12.2. The van der Waals surface area contributed by atoms with Crippen molar-refractivity contribution in [2.45, 2.75) is 13.0 Å². The van der Waals surface area contributed by atoms with Crippen LogP contribution in [-0.4, -0.2) is 32.7 Å². The summed E-state index contributed by atoms with van der Waals surface area (Å²) in [5, 5.41) is 16.2. The molecule has 0 aliphatic heterocycles. The molecule has 0 unspecified atom stereocenters. The van der Waals surface area contributed by atoms with E-state index in [1.54, 1.807) is 12.4 Å². The fourth-order valence-electron chi connectivity index (χ4n) is 3.04. The lowest BCUT2D eigenvalue weighted by atomic mass is 10.1. The number of amides is 2. The van der Waals surface area contributed by atoms with Crippen molar-refractivity contribution in [3.63, 3.8) is 0 Å². The number of pyridine rings is 1. The van der Waals surface area contributed by atoms with Gasteiger partial charge in [-0.25, -0.2) is 9.78 Å². The molecule has 0 aliphatic rings. The van der Waals surface area contributed by atoms with E-state index in [4.69, 9.17) is 0 Å². The lowest BCUT2D eigenvalue weighted by molar-refractivity contribution is 0.252. The minimum Gasteiger partial charge on any atom is -0.378 e. The summed E-state index contributed by atoms with van der Waals surface area (Å²) in [6.07, 6.45) is 4.20. The number of carbonyl (C=O) groups excluding carboxylic acids is 1. The van der Waals surface area contributed by atoms with Gasteiger partial charge < -0.3 is 16.0 Å². The second-order valence-electron chi connectivity index (χ2n) is 6.89. The summed E-state index contributed by atoms with van der Waals surface area (Å²) in [5.74, 6) is 1.34. The molecule has 31 heavy (non-hydrogen) atoms. The van der Waals surface area contributed by atoms with Crippen LogP contribution in [0.2, 0.25) is 0 Å². The summed E-state index contributed by atoms with van der Waals surface area (Å²) in [7, 11) is 0. The van der Waals surface area contributed by atoms with Crippen LogP contribution in [-0.2, 0) is 13.0 Å². The maximum Gasteiger partial charge on any atom is 0.319 e. The van der Waals surface area contributed by atoms with Crippen LogP contribution in [0.15, 0.2) is 79.1 Å². The number of hydrogen-bond donors (Lipinski definition) is 4. The maximum absolute atomic E-state index is 12.2. The number of anilines is 2. The van der Waals surface area contributed by atoms with Gasteiger partial charge >= 0.3 is 6.03 Å². The smallest absolute Gasteiger partial charge is 0.319 e. The molecule has 4 N–H and O–H groups in total. The van der Waals surface area contributed by atoms with Gasteiger partial charge in [0.05, 0.1) is 6.54 Å². The molecule has 4 rings (SSSR count). The molecule has 0 fully saturated rings. The van der Waals surface area contributed by atoms with Crippen molar-refractivity contribution in [2.24, 2.45) is 0 Å². The van der Waals surface area contributed by atoms with Crippen LogP contribution in [0.3, 0.4) is 0 Å². The summed E-state index contributed by atoms with van der Waals surface area (Å²) < 4.78 is 0. The van der Waals surface area contributed by atoms with E-state index in [1.165, 1.54) is 5.56 Å². The van der Waals surface area contributed by atoms with E-state index >= 15 is 0 Å². The van der Waals surface area contributed by atoms with Crippen LogP contribution in [0.1, 0.15) is 11.4 Å². The van der Waals surface area contributed by atoms with E-state index in [-0.39, 0.29) is 6.03 Å². The van der Waals surface area contributed by atoms with Gasteiger partial charge in [0.25, 0.3) is 0 Å². The predicted octanol–water partition coefficient (Wildman–Crippen LogP) is 3.84. The highest BCUT2D eigenvalue weighted by atomic mass is 16.2. The minimum atomic E-state index is -0.231. The van der Waals surface area contributed by atoms with Crippen LogP contribution >= 0.6 is 0 Å². The first-order chi connectivity index (χ1) is 15.3. The van der Waals surface area contributed by atoms with Crippen LogP contribution in [0.25, 0.3) is 11.4 Å². The topological polar surface area (TPSA) is 108 Å². The molecule has 0 saturated carbocycles. The van der Waals surface area contributed by atoms with Crippen molar-refractivity contribution < 1.29 is 4.79 Å². The first-order valence-electron chi connectivity index (χ1n) is 10.0.